The van der Waals surface area contributed by atoms with Crippen LogP contribution in [0.3, 0.4) is 0 Å². The van der Waals surface area contributed by atoms with Crippen LogP contribution >= 0.6 is 0 Å². The molecule has 0 fully saturated rings. The first-order chi connectivity index (χ1) is 6.45. The highest BCUT2D eigenvalue weighted by Crippen LogP contribution is 2.19. The van der Waals surface area contributed by atoms with Gasteiger partial charge in [0, 0.05) is 0 Å². The zero-order chi connectivity index (χ0) is 10.8. The Morgan fingerprint density at radius 1 is 1.29 bits per heavy atom. The summed E-state index contributed by atoms with van der Waals surface area (Å²) in [7, 11) is -3.55. The second kappa shape index (κ2) is 4.11. The Labute approximate surface area is 85.0 Å². The van der Waals surface area contributed by atoms with E-state index in [4.69, 9.17) is 5.14 Å². The summed E-state index contributed by atoms with van der Waals surface area (Å²) in [5.74, 6) is 0.449. The van der Waals surface area contributed by atoms with Crippen molar-refractivity contribution in [1.29, 1.82) is 0 Å². The molecular weight excluding hydrogens is 198 g/mol. The third-order valence-corrected chi connectivity index (χ3v) is 3.32. The summed E-state index contributed by atoms with van der Waals surface area (Å²) in [6, 6.07) is 6.73. The molecule has 1 aromatic rings. The number of rotatable bonds is 3. The Balaban J connectivity index is 3.01. The van der Waals surface area contributed by atoms with E-state index in [2.05, 4.69) is 13.8 Å². The van der Waals surface area contributed by atoms with Gasteiger partial charge in [-0.25, -0.2) is 13.6 Å². The van der Waals surface area contributed by atoms with Crippen molar-refractivity contribution in [2.45, 2.75) is 31.1 Å². The fourth-order valence-electron chi connectivity index (χ4n) is 1.22. The van der Waals surface area contributed by atoms with Crippen molar-refractivity contribution in [3.8, 4) is 0 Å². The quantitative estimate of drug-likeness (QED) is 0.833. The molecule has 0 heterocycles. The highest BCUT2D eigenvalue weighted by molar-refractivity contribution is 7.89. The van der Waals surface area contributed by atoms with Gasteiger partial charge >= 0.3 is 0 Å². The van der Waals surface area contributed by atoms with Crippen molar-refractivity contribution in [3.05, 3.63) is 29.8 Å². The first kappa shape index (κ1) is 11.2. The van der Waals surface area contributed by atoms with Crippen LogP contribution in [0, 0.1) is 0 Å². The van der Waals surface area contributed by atoms with Crippen molar-refractivity contribution in [2.75, 3.05) is 0 Å². The second-order valence-electron chi connectivity index (χ2n) is 3.42. The topological polar surface area (TPSA) is 60.2 Å². The van der Waals surface area contributed by atoms with Gasteiger partial charge in [-0.1, -0.05) is 26.0 Å². The molecule has 0 radical (unpaired) electrons. The molecule has 0 aliphatic rings. The summed E-state index contributed by atoms with van der Waals surface area (Å²) in [6.45, 7) is 4.20. The lowest BCUT2D eigenvalue weighted by atomic mass is 9.99. The van der Waals surface area contributed by atoms with Crippen LogP contribution in [0.5, 0.6) is 0 Å². The summed E-state index contributed by atoms with van der Waals surface area (Å²) >= 11 is 0. The fourth-order valence-corrected chi connectivity index (χ4v) is 1.74. The molecule has 2 N–H and O–H groups in total. The number of hydrogen-bond donors (Lipinski definition) is 1. The van der Waals surface area contributed by atoms with Crippen LogP contribution in [-0.4, -0.2) is 8.42 Å². The summed E-state index contributed by atoms with van der Waals surface area (Å²) in [5.41, 5.74) is 1.14. The molecule has 0 aliphatic carbocycles. The Kier molecular flexibility index (Phi) is 3.29. The fraction of sp³-hybridized carbons (Fsp3) is 0.400. The van der Waals surface area contributed by atoms with Crippen LogP contribution in [0.25, 0.3) is 0 Å². The highest BCUT2D eigenvalue weighted by atomic mass is 32.2. The molecule has 0 amide bonds. The van der Waals surface area contributed by atoms with Gasteiger partial charge < -0.3 is 0 Å². The van der Waals surface area contributed by atoms with E-state index in [0.29, 0.717) is 5.92 Å². The average Bonchev–Trinajstić information content (AvgIpc) is 2.15. The standard InChI is InChI=1S/C10H15NO2S/c1-3-8(2)9-4-6-10(7-5-9)14(11,12)13/h4-8H,3H2,1-2H3,(H2,11,12,13)/t8-/m0/s1. The van der Waals surface area contributed by atoms with Crippen LogP contribution in [0.15, 0.2) is 29.2 Å². The number of hydrogen-bond acceptors (Lipinski definition) is 2. The monoisotopic (exact) mass is 213 g/mol. The van der Waals surface area contributed by atoms with Gasteiger partial charge in [0.05, 0.1) is 4.90 Å². The predicted octanol–water partition coefficient (Wildman–Crippen LogP) is 1.85. The zero-order valence-corrected chi connectivity index (χ0v) is 9.21. The SMILES string of the molecule is CC[C@H](C)c1ccc(S(N)(=O)=O)cc1. The minimum Gasteiger partial charge on any atom is -0.225 e. The smallest absolute Gasteiger partial charge is 0.225 e. The predicted molar refractivity (Wildman–Crippen MR) is 56.5 cm³/mol. The average molecular weight is 213 g/mol. The number of sulfonamides is 1. The normalized spacial score (nSPS) is 13.9. The highest BCUT2D eigenvalue weighted by Gasteiger charge is 2.08. The summed E-state index contributed by atoms with van der Waals surface area (Å²) < 4.78 is 21.9. The van der Waals surface area contributed by atoms with Crippen molar-refractivity contribution in [1.82, 2.24) is 0 Å². The molecule has 4 heteroatoms. The first-order valence-electron chi connectivity index (χ1n) is 4.58. The number of primary sulfonamides is 1. The third-order valence-electron chi connectivity index (χ3n) is 2.39. The maximum atomic E-state index is 11.0. The van der Waals surface area contributed by atoms with E-state index < -0.39 is 10.0 Å². The van der Waals surface area contributed by atoms with Crippen LogP contribution in [0.1, 0.15) is 31.7 Å². The van der Waals surface area contributed by atoms with Crippen molar-refractivity contribution in [3.63, 3.8) is 0 Å². The Morgan fingerprint density at radius 2 is 1.79 bits per heavy atom. The second-order valence-corrected chi connectivity index (χ2v) is 4.98. The molecule has 0 aromatic heterocycles. The van der Waals surface area contributed by atoms with Crippen molar-refractivity contribution >= 4 is 10.0 Å². The maximum absolute atomic E-state index is 11.0. The lowest BCUT2D eigenvalue weighted by molar-refractivity contribution is 0.597. The summed E-state index contributed by atoms with van der Waals surface area (Å²) in [6.07, 6.45) is 1.04. The molecule has 1 atom stereocenters. The molecule has 0 bridgehead atoms. The van der Waals surface area contributed by atoms with Gasteiger partial charge in [0.25, 0.3) is 0 Å². The van der Waals surface area contributed by atoms with Crippen LogP contribution in [0.2, 0.25) is 0 Å². The van der Waals surface area contributed by atoms with Crippen LogP contribution in [0.4, 0.5) is 0 Å². The number of nitrogens with two attached hydrogens (primary N) is 1. The maximum Gasteiger partial charge on any atom is 0.238 e. The van der Waals surface area contributed by atoms with E-state index in [-0.39, 0.29) is 4.90 Å². The summed E-state index contributed by atoms with van der Waals surface area (Å²) in [5, 5.41) is 4.99. The van der Waals surface area contributed by atoms with E-state index >= 15 is 0 Å². The lowest BCUT2D eigenvalue weighted by Gasteiger charge is -2.08. The number of benzene rings is 1. The minimum absolute atomic E-state index is 0.171. The molecule has 0 saturated carbocycles. The lowest BCUT2D eigenvalue weighted by Crippen LogP contribution is -2.12. The molecule has 0 spiro atoms. The van der Waals surface area contributed by atoms with Crippen molar-refractivity contribution < 1.29 is 8.42 Å². The van der Waals surface area contributed by atoms with E-state index in [1.54, 1.807) is 12.1 Å². The Hall–Kier alpha value is -0.870. The van der Waals surface area contributed by atoms with Crippen LogP contribution < -0.4 is 5.14 Å². The van der Waals surface area contributed by atoms with Gasteiger partial charge in [0.2, 0.25) is 10.0 Å². The molecular formula is C10H15NO2S. The van der Waals surface area contributed by atoms with Crippen molar-refractivity contribution in [2.24, 2.45) is 5.14 Å². The van der Waals surface area contributed by atoms with Gasteiger partial charge in [0.1, 0.15) is 0 Å². The Morgan fingerprint density at radius 3 is 2.14 bits per heavy atom. The minimum atomic E-state index is -3.55. The van der Waals surface area contributed by atoms with Gasteiger partial charge in [0.15, 0.2) is 0 Å². The molecule has 78 valence electrons. The van der Waals surface area contributed by atoms with Gasteiger partial charge in [-0.3, -0.25) is 0 Å². The molecule has 1 aromatic carbocycles. The molecule has 0 aliphatic heterocycles. The first-order valence-corrected chi connectivity index (χ1v) is 6.12. The van der Waals surface area contributed by atoms with E-state index in [1.807, 2.05) is 12.1 Å². The molecule has 0 saturated heterocycles. The van der Waals surface area contributed by atoms with E-state index in [9.17, 15) is 8.42 Å². The third kappa shape index (κ3) is 2.56. The molecule has 14 heavy (non-hydrogen) atoms. The summed E-state index contributed by atoms with van der Waals surface area (Å²) in [4.78, 5) is 0.171. The largest absolute Gasteiger partial charge is 0.238 e. The molecule has 0 unspecified atom stereocenters. The van der Waals surface area contributed by atoms with Crippen LogP contribution in [-0.2, 0) is 10.0 Å². The molecule has 3 nitrogen and oxygen atoms in total. The van der Waals surface area contributed by atoms with Gasteiger partial charge in [-0.05, 0) is 30.0 Å². The zero-order valence-electron chi connectivity index (χ0n) is 8.40. The van der Waals surface area contributed by atoms with E-state index in [1.165, 1.54) is 0 Å². The van der Waals surface area contributed by atoms with E-state index in [0.717, 1.165) is 12.0 Å². The molecule has 1 rings (SSSR count). The van der Waals surface area contributed by atoms with Gasteiger partial charge in [-0.15, -0.1) is 0 Å². The van der Waals surface area contributed by atoms with Gasteiger partial charge in [-0.2, -0.15) is 0 Å². The Bertz CT molecular complexity index is 395.